The van der Waals surface area contributed by atoms with Crippen molar-refractivity contribution in [3.63, 3.8) is 0 Å². The van der Waals surface area contributed by atoms with E-state index in [2.05, 4.69) is 5.32 Å². The molecule has 0 radical (unpaired) electrons. The van der Waals surface area contributed by atoms with Crippen LogP contribution >= 0.6 is 0 Å². The van der Waals surface area contributed by atoms with Gasteiger partial charge in [-0.15, -0.1) is 0 Å². The normalized spacial score (nSPS) is 16.3. The average Bonchev–Trinajstić information content (AvgIpc) is 2.46. The van der Waals surface area contributed by atoms with Gasteiger partial charge in [-0.1, -0.05) is 32.9 Å². The molecule has 4 nitrogen and oxygen atoms in total. The van der Waals surface area contributed by atoms with E-state index in [9.17, 15) is 14.0 Å². The average molecular weight is 320 g/mol. The molecule has 23 heavy (non-hydrogen) atoms. The summed E-state index contributed by atoms with van der Waals surface area (Å²) in [5.74, 6) is -0.275. The highest BCUT2D eigenvalue weighted by atomic mass is 19.1. The van der Waals surface area contributed by atoms with Crippen molar-refractivity contribution < 1.29 is 14.0 Å². The molecule has 1 aromatic rings. The second kappa shape index (κ2) is 7.11. The Balaban J connectivity index is 1.80. The van der Waals surface area contributed by atoms with Crippen molar-refractivity contribution in [3.05, 3.63) is 35.6 Å². The van der Waals surface area contributed by atoms with Crippen LogP contribution in [0, 0.1) is 11.2 Å². The molecule has 1 aromatic carbocycles. The third-order valence-corrected chi connectivity index (χ3v) is 4.04. The molecule has 0 saturated carbocycles. The highest BCUT2D eigenvalue weighted by Gasteiger charge is 2.30. The molecule has 2 rings (SSSR count). The summed E-state index contributed by atoms with van der Waals surface area (Å²) >= 11 is 0. The second-order valence-electron chi connectivity index (χ2n) is 7.19. The van der Waals surface area contributed by atoms with Crippen molar-refractivity contribution >= 4 is 11.8 Å². The molecule has 0 atom stereocenters. The predicted molar refractivity (Wildman–Crippen MR) is 87.3 cm³/mol. The summed E-state index contributed by atoms with van der Waals surface area (Å²) in [6, 6.07) is 6.18. The Morgan fingerprint density at radius 1 is 1.26 bits per heavy atom. The van der Waals surface area contributed by atoms with Crippen LogP contribution in [0.1, 0.15) is 39.2 Å². The number of benzene rings is 1. The molecule has 1 aliphatic rings. The molecule has 0 unspecified atom stereocenters. The molecule has 2 amide bonds. The van der Waals surface area contributed by atoms with Gasteiger partial charge in [0.15, 0.2) is 0 Å². The molecule has 0 bridgehead atoms. The first kappa shape index (κ1) is 17.4. The maximum absolute atomic E-state index is 13.1. The standard InChI is InChI=1S/C18H25FN2O2/c1-18(2,3)17(23)21-9-7-15(8-10-21)20-16(22)12-13-5-4-6-14(19)11-13/h4-6,11,15H,7-10,12H2,1-3H3,(H,20,22). The lowest BCUT2D eigenvalue weighted by Gasteiger charge is -2.36. The molecule has 126 valence electrons. The molecular weight excluding hydrogens is 295 g/mol. The maximum Gasteiger partial charge on any atom is 0.227 e. The van der Waals surface area contributed by atoms with Gasteiger partial charge in [0.25, 0.3) is 0 Å². The maximum atomic E-state index is 13.1. The highest BCUT2D eigenvalue weighted by Crippen LogP contribution is 2.21. The van der Waals surface area contributed by atoms with Crippen molar-refractivity contribution in [1.29, 1.82) is 0 Å². The second-order valence-corrected chi connectivity index (χ2v) is 7.19. The first-order valence-electron chi connectivity index (χ1n) is 8.09. The number of halogens is 1. The number of nitrogens with one attached hydrogen (secondary N) is 1. The van der Waals surface area contributed by atoms with Gasteiger partial charge in [-0.25, -0.2) is 4.39 Å². The van der Waals surface area contributed by atoms with Crippen molar-refractivity contribution in [3.8, 4) is 0 Å². The number of rotatable bonds is 3. The van der Waals surface area contributed by atoms with E-state index < -0.39 is 0 Å². The van der Waals surface area contributed by atoms with Crippen molar-refractivity contribution in [2.45, 2.75) is 46.1 Å². The van der Waals surface area contributed by atoms with Gasteiger partial charge < -0.3 is 10.2 Å². The van der Waals surface area contributed by atoms with Gasteiger partial charge in [0.2, 0.25) is 11.8 Å². The Bertz CT molecular complexity index is 573. The quantitative estimate of drug-likeness (QED) is 0.930. The van der Waals surface area contributed by atoms with E-state index in [1.165, 1.54) is 12.1 Å². The molecule has 1 aliphatic heterocycles. The van der Waals surface area contributed by atoms with E-state index in [0.717, 1.165) is 12.8 Å². The van der Waals surface area contributed by atoms with Gasteiger partial charge >= 0.3 is 0 Å². The number of amides is 2. The van der Waals surface area contributed by atoms with E-state index in [1.807, 2.05) is 25.7 Å². The lowest BCUT2D eigenvalue weighted by Crippen LogP contribution is -2.49. The van der Waals surface area contributed by atoms with Gasteiger partial charge in [-0.3, -0.25) is 9.59 Å². The predicted octanol–water partition coefficient (Wildman–Crippen LogP) is 2.52. The van der Waals surface area contributed by atoms with Crippen molar-refractivity contribution in [2.75, 3.05) is 13.1 Å². The van der Waals surface area contributed by atoms with Crippen LogP contribution in [-0.2, 0) is 16.0 Å². The van der Waals surface area contributed by atoms with Crippen LogP contribution in [0.4, 0.5) is 4.39 Å². The molecule has 1 N–H and O–H groups in total. The monoisotopic (exact) mass is 320 g/mol. The van der Waals surface area contributed by atoms with Gasteiger partial charge in [-0.2, -0.15) is 0 Å². The minimum absolute atomic E-state index is 0.0834. The van der Waals surface area contributed by atoms with Crippen LogP contribution in [0.25, 0.3) is 0 Å². The van der Waals surface area contributed by atoms with Gasteiger partial charge in [0.05, 0.1) is 6.42 Å². The molecule has 0 aliphatic carbocycles. The molecular formula is C18H25FN2O2. The Morgan fingerprint density at radius 3 is 2.48 bits per heavy atom. The van der Waals surface area contributed by atoms with Crippen LogP contribution in [0.15, 0.2) is 24.3 Å². The fourth-order valence-corrected chi connectivity index (χ4v) is 2.81. The van der Waals surface area contributed by atoms with Crippen LogP contribution < -0.4 is 5.32 Å². The molecule has 1 saturated heterocycles. The Morgan fingerprint density at radius 2 is 1.91 bits per heavy atom. The number of hydrogen-bond donors (Lipinski definition) is 1. The zero-order valence-corrected chi connectivity index (χ0v) is 14.1. The first-order chi connectivity index (χ1) is 10.8. The molecule has 0 spiro atoms. The molecule has 0 aromatic heterocycles. The van der Waals surface area contributed by atoms with E-state index in [4.69, 9.17) is 0 Å². The number of carbonyl (C=O) groups excluding carboxylic acids is 2. The summed E-state index contributed by atoms with van der Waals surface area (Å²) in [5.41, 5.74) is 0.302. The van der Waals surface area contributed by atoms with Gasteiger partial charge in [-0.05, 0) is 30.5 Å². The Hall–Kier alpha value is -1.91. The number of likely N-dealkylation sites (tertiary alicyclic amines) is 1. The highest BCUT2D eigenvalue weighted by molar-refractivity contribution is 5.82. The van der Waals surface area contributed by atoms with E-state index in [1.54, 1.807) is 12.1 Å². The molecule has 1 fully saturated rings. The summed E-state index contributed by atoms with van der Waals surface area (Å²) in [5, 5.41) is 2.99. The third-order valence-electron chi connectivity index (χ3n) is 4.04. The fraction of sp³-hybridized carbons (Fsp3) is 0.556. The number of hydrogen-bond acceptors (Lipinski definition) is 2. The van der Waals surface area contributed by atoms with Crippen LogP contribution in [0.3, 0.4) is 0 Å². The number of nitrogens with zero attached hydrogens (tertiary/aromatic N) is 1. The zero-order chi connectivity index (χ0) is 17.0. The van der Waals surface area contributed by atoms with Gasteiger partial charge in [0.1, 0.15) is 5.82 Å². The van der Waals surface area contributed by atoms with Crippen LogP contribution in [0.2, 0.25) is 0 Å². The first-order valence-corrected chi connectivity index (χ1v) is 8.09. The fourth-order valence-electron chi connectivity index (χ4n) is 2.81. The zero-order valence-electron chi connectivity index (χ0n) is 14.1. The summed E-state index contributed by atoms with van der Waals surface area (Å²) in [7, 11) is 0. The Kier molecular flexibility index (Phi) is 5.39. The van der Waals surface area contributed by atoms with Crippen LogP contribution in [0.5, 0.6) is 0 Å². The van der Waals surface area contributed by atoms with E-state index >= 15 is 0 Å². The SMILES string of the molecule is CC(C)(C)C(=O)N1CCC(NC(=O)Cc2cccc(F)c2)CC1. The van der Waals surface area contributed by atoms with Crippen molar-refractivity contribution in [1.82, 2.24) is 10.2 Å². The van der Waals surface area contributed by atoms with E-state index in [-0.39, 0.29) is 35.5 Å². The molecule has 1 heterocycles. The smallest absolute Gasteiger partial charge is 0.227 e. The summed E-state index contributed by atoms with van der Waals surface area (Å²) in [4.78, 5) is 26.1. The topological polar surface area (TPSA) is 49.4 Å². The lowest BCUT2D eigenvalue weighted by atomic mass is 9.93. The minimum atomic E-state index is -0.368. The molecule has 5 heteroatoms. The number of piperidine rings is 1. The number of carbonyl (C=O) groups is 2. The summed E-state index contributed by atoms with van der Waals surface area (Å²) in [6.45, 7) is 7.09. The van der Waals surface area contributed by atoms with Crippen LogP contribution in [-0.4, -0.2) is 35.8 Å². The van der Waals surface area contributed by atoms with Crippen molar-refractivity contribution in [2.24, 2.45) is 5.41 Å². The van der Waals surface area contributed by atoms with Gasteiger partial charge in [0, 0.05) is 24.5 Å². The lowest BCUT2D eigenvalue weighted by molar-refractivity contribution is -0.140. The van der Waals surface area contributed by atoms with E-state index in [0.29, 0.717) is 18.7 Å². The Labute approximate surface area is 137 Å². The minimum Gasteiger partial charge on any atom is -0.353 e. The largest absolute Gasteiger partial charge is 0.353 e. The summed E-state index contributed by atoms with van der Waals surface area (Å²) < 4.78 is 13.1. The third kappa shape index (κ3) is 5.05. The summed E-state index contributed by atoms with van der Waals surface area (Å²) in [6.07, 6.45) is 1.70.